The Balaban J connectivity index is 1.93. The number of cyclic esters (lactones) is 1. The number of carboxylic acid groups (broad SMARTS) is 2. The third-order valence-corrected chi connectivity index (χ3v) is 19.9. The lowest BCUT2D eigenvalue weighted by Gasteiger charge is -2.29. The first-order valence-electron chi connectivity index (χ1n) is 39.3. The van der Waals surface area contributed by atoms with E-state index in [2.05, 4.69) is 70.4 Å². The number of esters is 1. The molecule has 1 fully saturated rings. The number of H-pyrrole nitrogens is 1. The van der Waals surface area contributed by atoms with Crippen molar-refractivity contribution in [3.8, 4) is 0 Å². The van der Waals surface area contributed by atoms with Crippen LogP contribution in [-0.2, 0) is 112 Å². The average molecular weight is 1750 g/mol. The topological polar surface area (TPSA) is 630 Å². The van der Waals surface area contributed by atoms with Gasteiger partial charge >= 0.3 is 17.9 Å². The van der Waals surface area contributed by atoms with E-state index in [1.54, 1.807) is 6.92 Å². The van der Waals surface area contributed by atoms with Crippen LogP contribution in [0, 0.1) is 29.5 Å². The zero-order chi connectivity index (χ0) is 90.2. The van der Waals surface area contributed by atoms with E-state index in [1.807, 2.05) is 0 Å². The SMILES string of the molecule is CCCCCCCCCC(=O)N[C@@H](Cc1c[nH]c2ccc(F)cc12)C(=O)N[C@H](CC(N)=O)C(=O)C[C@@H](CC(=O)O)C(=O)N[C@@H]1C(=O)NCC(=O)N[C@@H](CCCN)C(=O)C[C@@H](COC=O)C(=O)N[C@H](C)C(=O)N[C@@H](COC=O)C(=O)NCC(=O)N[C@H](CO)C(=O)C[C@@H]([C@H](C)CC(=O)O)C(=O)N[C@@H](CC(=O)c2cc(Cl)cc(Cl)c2NCCC)C(=O)O[C@@H]1C. The monoisotopic (exact) mass is 1740 g/mol. The summed E-state index contributed by atoms with van der Waals surface area (Å²) in [7, 11) is 0. The van der Waals surface area contributed by atoms with E-state index < -0.39 is 268 Å². The number of aliphatic carboxylic acids is 2. The van der Waals surface area contributed by atoms with E-state index in [4.69, 9.17) is 48.9 Å². The fraction of sp³-hybridized carbons (Fsp3) is 0.564. The molecule has 121 heavy (non-hydrogen) atoms. The van der Waals surface area contributed by atoms with Crippen LogP contribution in [-0.4, -0.2) is 240 Å². The number of ketones is 4. The van der Waals surface area contributed by atoms with Crippen LogP contribution < -0.4 is 70.0 Å². The first-order valence-corrected chi connectivity index (χ1v) is 40.0. The second-order valence-electron chi connectivity index (χ2n) is 29.1. The molecule has 13 atom stereocenters. The number of hydrogen-bond donors (Lipinski definition) is 17. The van der Waals surface area contributed by atoms with Crippen molar-refractivity contribution in [2.24, 2.45) is 35.1 Å². The average Bonchev–Trinajstić information content (AvgIpc) is 1.79. The number of rotatable bonds is 41. The first kappa shape index (κ1) is 102. The number of primary amides is 1. The van der Waals surface area contributed by atoms with Crippen molar-refractivity contribution in [3.63, 3.8) is 0 Å². The molecule has 1 aliphatic rings. The highest BCUT2D eigenvalue weighted by atomic mass is 35.5. The van der Waals surface area contributed by atoms with Gasteiger partial charge in [0.05, 0.1) is 67.2 Å². The number of aromatic nitrogens is 1. The van der Waals surface area contributed by atoms with Crippen molar-refractivity contribution in [3.05, 3.63) is 63.5 Å². The number of benzene rings is 2. The van der Waals surface area contributed by atoms with E-state index in [1.165, 1.54) is 37.4 Å². The predicted octanol–water partition coefficient (Wildman–Crippen LogP) is -0.268. The number of nitrogens with one attached hydrogen (secondary N) is 12. The maximum Gasteiger partial charge on any atom is 0.329 e. The Kier molecular flexibility index (Phi) is 44.1. The number of aliphatic hydroxyl groups is 1. The van der Waals surface area contributed by atoms with Gasteiger partial charge in [0.2, 0.25) is 65.0 Å². The second-order valence-corrected chi connectivity index (χ2v) is 30.0. The Morgan fingerprint density at radius 1 is 0.678 bits per heavy atom. The van der Waals surface area contributed by atoms with Gasteiger partial charge in [0.1, 0.15) is 61.4 Å². The fourth-order valence-electron chi connectivity index (χ4n) is 12.9. The largest absolute Gasteiger partial charge is 0.481 e. The third-order valence-electron chi connectivity index (χ3n) is 19.4. The molecule has 1 aliphatic heterocycles. The minimum atomic E-state index is -2.42. The molecule has 1 saturated heterocycles. The van der Waals surface area contributed by atoms with Gasteiger partial charge < -0.3 is 104 Å². The summed E-state index contributed by atoms with van der Waals surface area (Å²) in [6.07, 6.45) is -2.82. The normalized spacial score (nSPS) is 20.8. The highest BCUT2D eigenvalue weighted by Gasteiger charge is 2.41. The zero-order valence-corrected chi connectivity index (χ0v) is 69.0. The molecule has 19 N–H and O–H groups in total. The Bertz CT molecular complexity index is 4210. The van der Waals surface area contributed by atoms with Gasteiger partial charge in [-0.15, -0.1) is 0 Å². The summed E-state index contributed by atoms with van der Waals surface area (Å²) in [4.78, 5) is 278. The van der Waals surface area contributed by atoms with Gasteiger partial charge in [-0.05, 0) is 87.9 Å². The number of Topliss-reactive ketones (excluding diaryl/α,β-unsaturated/α-hetero) is 4. The summed E-state index contributed by atoms with van der Waals surface area (Å²) < 4.78 is 30.0. The van der Waals surface area contributed by atoms with Crippen molar-refractivity contribution in [2.75, 3.05) is 51.3 Å². The van der Waals surface area contributed by atoms with Crippen molar-refractivity contribution >= 4 is 159 Å². The number of anilines is 1. The molecule has 40 nitrogen and oxygen atoms in total. The Hall–Kier alpha value is -11.6. The number of aliphatic hydroxyl groups excluding tert-OH is 1. The molecule has 1 aromatic heterocycles. The van der Waals surface area contributed by atoms with Gasteiger partial charge in [0.15, 0.2) is 23.1 Å². The molecule has 0 unspecified atom stereocenters. The summed E-state index contributed by atoms with van der Waals surface area (Å²) in [5.41, 5.74) is 11.8. The standard InChI is InChI=1S/C78H107Cl2FN14O26/c1-6-8-9-10-11-12-13-16-64(104)90-55(22-44-32-85-52-18-17-47(81)28-49(44)52)76(116)92-54(31-63(83)103)61(101)23-43(25-68(109)110)72(112)95-69-42(5)121-78(118)56(30-59(99)50-26-46(79)27-51(80)70(50)84-20-7-2)93-74(114)48(40(3)21-67(107)108)29-62(102)57(35-96)91-66(106)33-86-75(115)58(37-120-39-98)94-71(111)41(4)88-73(113)45(36-119-38-97)24-60(100)53(15-14-19-82)89-65(105)34-87-77(69)117/h17-18,26-28,32,38-43,45,48,53-58,69,84-85,96H,6-16,19-25,29-31,33-37,82H2,1-5H3,(H2,83,103)(H,86,115)(H,87,117)(H,88,113)(H,89,105)(H,90,104)(H,91,106)(H,92,116)(H,93,114)(H,94,111)(H,95,112)(H,107,108)(H,109,110)/t40-,41-,42-,43+,45+,48+,53+,54-,55+,56+,57-,58+,69+/m1/s1. The highest BCUT2D eigenvalue weighted by Crippen LogP contribution is 2.33. The van der Waals surface area contributed by atoms with E-state index in [9.17, 15) is 111 Å². The summed E-state index contributed by atoms with van der Waals surface area (Å²) in [6.45, 7) is 1.58. The quantitative estimate of drug-likeness (QED) is 0.0114. The number of ether oxygens (including phenoxy) is 3. The molecule has 0 bridgehead atoms. The second kappa shape index (κ2) is 52.5. The molecular weight excluding hydrogens is 1640 g/mol. The summed E-state index contributed by atoms with van der Waals surface area (Å²) in [5, 5.41) is 56.6. The van der Waals surface area contributed by atoms with E-state index in [0.717, 1.165) is 52.0 Å². The number of nitrogens with two attached hydrogens (primary N) is 2. The molecule has 2 aromatic carbocycles. The lowest BCUT2D eigenvalue weighted by molar-refractivity contribution is -0.156. The van der Waals surface area contributed by atoms with E-state index in [0.29, 0.717) is 35.7 Å². The van der Waals surface area contributed by atoms with E-state index >= 15 is 4.79 Å². The van der Waals surface area contributed by atoms with Crippen molar-refractivity contribution in [2.45, 2.75) is 211 Å². The molecule has 666 valence electrons. The first-order chi connectivity index (χ1) is 57.4. The molecule has 3 aromatic rings. The number of carboxylic acids is 2. The maximum atomic E-state index is 15.2. The summed E-state index contributed by atoms with van der Waals surface area (Å²) in [5.74, 6) is -30.8. The van der Waals surface area contributed by atoms with Crippen molar-refractivity contribution in [1.82, 2.24) is 58.2 Å². The van der Waals surface area contributed by atoms with Crippen LogP contribution in [0.5, 0.6) is 0 Å². The molecule has 2 heterocycles. The molecular formula is C78H107Cl2FN14O26. The van der Waals surface area contributed by atoms with Crippen LogP contribution in [0.2, 0.25) is 10.0 Å². The van der Waals surface area contributed by atoms with Crippen LogP contribution in [0.4, 0.5) is 10.1 Å². The molecule has 43 heteroatoms. The van der Waals surface area contributed by atoms with Crippen LogP contribution in [0.3, 0.4) is 0 Å². The van der Waals surface area contributed by atoms with Crippen LogP contribution in [0.1, 0.15) is 166 Å². The number of carbonyl (C=O) groups is 20. The lowest BCUT2D eigenvalue weighted by atomic mass is 9.84. The minimum absolute atomic E-state index is 0.0187. The van der Waals surface area contributed by atoms with Gasteiger partial charge in [0, 0.05) is 85.1 Å². The Labute approximate surface area is 704 Å². The number of carbonyl (C=O) groups excluding carboxylic acids is 18. The molecule has 0 aliphatic carbocycles. The molecule has 0 saturated carbocycles. The van der Waals surface area contributed by atoms with Crippen molar-refractivity contribution < 1.29 is 130 Å². The lowest BCUT2D eigenvalue weighted by Crippen LogP contribution is -2.57. The highest BCUT2D eigenvalue weighted by molar-refractivity contribution is 6.37. The molecule has 11 amide bonds. The van der Waals surface area contributed by atoms with Crippen LogP contribution >= 0.6 is 23.2 Å². The number of halogens is 3. The maximum absolute atomic E-state index is 15.2. The number of hydrogen-bond acceptors (Lipinski definition) is 26. The molecule has 0 spiro atoms. The van der Waals surface area contributed by atoms with Crippen molar-refractivity contribution in [1.29, 1.82) is 0 Å². The van der Waals surface area contributed by atoms with Crippen LogP contribution in [0.25, 0.3) is 10.9 Å². The number of aromatic amines is 1. The van der Waals surface area contributed by atoms with Gasteiger partial charge in [0.25, 0.3) is 12.9 Å². The third kappa shape index (κ3) is 35.0. The summed E-state index contributed by atoms with van der Waals surface area (Å²) in [6, 6.07) is -9.27. The Morgan fingerprint density at radius 3 is 1.93 bits per heavy atom. The van der Waals surface area contributed by atoms with Gasteiger partial charge in [-0.1, -0.05) is 82.5 Å². The Morgan fingerprint density at radius 2 is 1.31 bits per heavy atom. The molecule has 0 radical (unpaired) electrons. The minimum Gasteiger partial charge on any atom is -0.481 e. The van der Waals surface area contributed by atoms with Gasteiger partial charge in [-0.2, -0.15) is 0 Å². The number of unbranched alkanes of at least 4 members (excludes halogenated alkanes) is 6. The van der Waals surface area contributed by atoms with Gasteiger partial charge in [-0.25, -0.2) is 9.18 Å². The zero-order valence-electron chi connectivity index (χ0n) is 67.5. The number of amides is 11. The summed E-state index contributed by atoms with van der Waals surface area (Å²) >= 11 is 13.0. The molecule has 4 rings (SSSR count). The smallest absolute Gasteiger partial charge is 0.329 e. The van der Waals surface area contributed by atoms with Crippen LogP contribution in [0.15, 0.2) is 36.5 Å². The predicted molar refractivity (Wildman–Crippen MR) is 428 cm³/mol. The van der Waals surface area contributed by atoms with E-state index in [-0.39, 0.29) is 73.0 Å². The number of fused-ring (bicyclic) bond motifs is 1. The van der Waals surface area contributed by atoms with Gasteiger partial charge in [-0.3, -0.25) is 91.1 Å². The fourth-order valence-corrected chi connectivity index (χ4v) is 13.4.